The van der Waals surface area contributed by atoms with Crippen LogP contribution in [0.25, 0.3) is 0 Å². The molecule has 1 aromatic carbocycles. The zero-order chi connectivity index (χ0) is 27.9. The fourth-order valence-electron chi connectivity index (χ4n) is 4.84. The first-order chi connectivity index (χ1) is 17.3. The number of nitrogens with two attached hydrogens (primary N) is 1. The Kier molecular flexibility index (Phi) is 11.2. The molecule has 2 rings (SSSR count). The van der Waals surface area contributed by atoms with Crippen molar-refractivity contribution in [2.45, 2.75) is 78.3 Å². The van der Waals surface area contributed by atoms with Crippen molar-refractivity contribution < 1.29 is 34.4 Å². The van der Waals surface area contributed by atoms with Gasteiger partial charge in [0.05, 0.1) is 18.3 Å². The number of methoxy groups -OCH3 is 1. The molecule has 1 aliphatic rings. The van der Waals surface area contributed by atoms with Gasteiger partial charge in [0.25, 0.3) is 5.91 Å². The van der Waals surface area contributed by atoms with Gasteiger partial charge in [0.2, 0.25) is 0 Å². The van der Waals surface area contributed by atoms with Crippen LogP contribution in [0.2, 0.25) is 0 Å². The zero-order valence-corrected chi connectivity index (χ0v) is 22.6. The first kappa shape index (κ1) is 30.3. The molecule has 206 valence electrons. The van der Waals surface area contributed by atoms with Gasteiger partial charge in [-0.05, 0) is 68.2 Å². The second kappa shape index (κ2) is 13.6. The van der Waals surface area contributed by atoms with Crippen LogP contribution in [-0.4, -0.2) is 52.7 Å². The van der Waals surface area contributed by atoms with Gasteiger partial charge in [-0.25, -0.2) is 4.79 Å². The number of fused-ring (bicyclic) bond motifs is 2. The van der Waals surface area contributed by atoms with E-state index in [1.54, 1.807) is 19.1 Å². The van der Waals surface area contributed by atoms with Crippen molar-refractivity contribution in [1.82, 2.24) is 0 Å². The summed E-state index contributed by atoms with van der Waals surface area (Å²) in [5.41, 5.74) is 7.38. The molecule has 0 radical (unpaired) electrons. The van der Waals surface area contributed by atoms with Crippen molar-refractivity contribution in [3.63, 3.8) is 0 Å². The Bertz CT molecular complexity index is 1010. The van der Waals surface area contributed by atoms with Crippen molar-refractivity contribution in [3.05, 3.63) is 47.1 Å². The number of hydrogen-bond acceptors (Lipinski definition) is 7. The molecule has 6 N–H and O–H groups in total. The Balaban J connectivity index is 2.48. The van der Waals surface area contributed by atoms with Crippen molar-refractivity contribution in [3.8, 4) is 5.75 Å². The first-order valence-electron chi connectivity index (χ1n) is 12.7. The molecule has 2 bridgehead atoms. The molecule has 0 aromatic heterocycles. The molecule has 2 amide bonds. The van der Waals surface area contributed by atoms with Gasteiger partial charge >= 0.3 is 6.09 Å². The average Bonchev–Trinajstić information content (AvgIpc) is 2.83. The van der Waals surface area contributed by atoms with Crippen LogP contribution in [0.15, 0.2) is 41.5 Å². The molecule has 0 aliphatic carbocycles. The maximum Gasteiger partial charge on any atom is 0.405 e. The molecule has 0 saturated heterocycles. The fraction of sp³-hybridized carbons (Fsp3) is 0.571. The molecule has 37 heavy (non-hydrogen) atoms. The standard InChI is InChI=1S/C28H42N2O7/c1-15-8-7-9-16(2)27(34)30-21-12-20(13-22(31)14-21)24(32)18(4)11-23(36-6)25(33)17(3)10-19(5)26(15)37-28(29)35/h9-10,12-15,17-18,23-26,31-33H,7-8,11H2,1-6H3,(H2,29,35)(H,30,34)/t15-,17-,18-,23-,24+,25+,26+/m0/s1. The summed E-state index contributed by atoms with van der Waals surface area (Å²) >= 11 is 0. The van der Waals surface area contributed by atoms with Gasteiger partial charge in [0, 0.05) is 30.4 Å². The van der Waals surface area contributed by atoms with Crippen LogP contribution >= 0.6 is 0 Å². The summed E-state index contributed by atoms with van der Waals surface area (Å²) in [4.78, 5) is 24.4. The normalized spacial score (nSPS) is 30.6. The summed E-state index contributed by atoms with van der Waals surface area (Å²) in [7, 11) is 1.50. The topological polar surface area (TPSA) is 151 Å². The average molecular weight is 519 g/mol. The van der Waals surface area contributed by atoms with Gasteiger partial charge in [-0.1, -0.05) is 32.9 Å². The Morgan fingerprint density at radius 2 is 1.78 bits per heavy atom. The Hall–Kier alpha value is -2.88. The lowest BCUT2D eigenvalue weighted by molar-refractivity contribution is -0.112. The highest BCUT2D eigenvalue weighted by atomic mass is 16.6. The number of aliphatic hydroxyl groups is 2. The van der Waals surface area contributed by atoms with Crippen molar-refractivity contribution in [1.29, 1.82) is 0 Å². The third kappa shape index (κ3) is 8.59. The van der Waals surface area contributed by atoms with Crippen LogP contribution in [0.5, 0.6) is 5.75 Å². The maximum atomic E-state index is 12.8. The van der Waals surface area contributed by atoms with E-state index in [-0.39, 0.29) is 29.4 Å². The van der Waals surface area contributed by atoms with Gasteiger partial charge in [-0.2, -0.15) is 0 Å². The van der Waals surface area contributed by atoms with Crippen LogP contribution in [0, 0.1) is 17.8 Å². The van der Waals surface area contributed by atoms with Gasteiger partial charge in [-0.15, -0.1) is 0 Å². The molecule has 1 aromatic rings. The highest BCUT2D eigenvalue weighted by Gasteiger charge is 2.30. The lowest BCUT2D eigenvalue weighted by atomic mass is 9.86. The number of aromatic hydroxyl groups is 1. The lowest BCUT2D eigenvalue weighted by Crippen LogP contribution is -2.36. The van der Waals surface area contributed by atoms with E-state index in [9.17, 15) is 24.9 Å². The van der Waals surface area contributed by atoms with Crippen molar-refractivity contribution in [2.24, 2.45) is 23.5 Å². The number of carbonyl (C=O) groups excluding carboxylic acids is 2. The van der Waals surface area contributed by atoms with E-state index < -0.39 is 30.5 Å². The summed E-state index contributed by atoms with van der Waals surface area (Å²) < 4.78 is 11.0. The molecular weight excluding hydrogens is 476 g/mol. The third-order valence-electron chi connectivity index (χ3n) is 7.07. The summed E-state index contributed by atoms with van der Waals surface area (Å²) in [5, 5.41) is 35.1. The summed E-state index contributed by atoms with van der Waals surface area (Å²) in [6.45, 7) is 9.14. The van der Waals surface area contributed by atoms with Crippen LogP contribution in [0.3, 0.4) is 0 Å². The number of allylic oxidation sites excluding steroid dienone is 1. The van der Waals surface area contributed by atoms with Crippen molar-refractivity contribution >= 4 is 17.7 Å². The van der Waals surface area contributed by atoms with Crippen LogP contribution < -0.4 is 11.1 Å². The van der Waals surface area contributed by atoms with E-state index in [1.165, 1.54) is 19.2 Å². The van der Waals surface area contributed by atoms with Gasteiger partial charge in [-0.3, -0.25) is 4.79 Å². The molecule has 1 heterocycles. The number of phenolic OH excluding ortho intramolecular Hbond substituents is 1. The van der Waals surface area contributed by atoms with E-state index in [0.717, 1.165) is 5.57 Å². The minimum Gasteiger partial charge on any atom is -0.508 e. The third-order valence-corrected chi connectivity index (χ3v) is 7.07. The molecule has 1 aliphatic heterocycles. The van der Waals surface area contributed by atoms with Crippen LogP contribution in [0.4, 0.5) is 10.5 Å². The molecule has 0 saturated carbocycles. The monoisotopic (exact) mass is 518 g/mol. The number of anilines is 1. The Labute approximate surface area is 219 Å². The Morgan fingerprint density at radius 1 is 1.11 bits per heavy atom. The maximum absolute atomic E-state index is 12.8. The smallest absolute Gasteiger partial charge is 0.405 e. The van der Waals surface area contributed by atoms with E-state index >= 15 is 0 Å². The number of primary amides is 1. The quantitative estimate of drug-likeness (QED) is 0.368. The SMILES string of the molecule is CO[C@H]1C[C@H](C)[C@@H](O)c2cc(O)cc(c2)NC(=O)C(C)=CCC[C@H](C)[C@@H](OC(N)=O)C(C)=C[C@H](C)[C@H]1O. The number of amides is 2. The first-order valence-corrected chi connectivity index (χ1v) is 12.7. The second-order valence-corrected chi connectivity index (χ2v) is 10.3. The van der Waals surface area contributed by atoms with Crippen molar-refractivity contribution in [2.75, 3.05) is 12.4 Å². The van der Waals surface area contributed by atoms with Crippen LogP contribution in [-0.2, 0) is 14.3 Å². The van der Waals surface area contributed by atoms with Gasteiger partial charge < -0.3 is 35.8 Å². The number of ether oxygens (including phenoxy) is 2. The number of phenols is 1. The highest BCUT2D eigenvalue weighted by molar-refractivity contribution is 6.03. The number of carbonyl (C=O) groups is 2. The number of rotatable bonds is 2. The molecular formula is C28H42N2O7. The number of hydrogen-bond donors (Lipinski definition) is 5. The number of nitrogens with one attached hydrogen (secondary N) is 1. The molecule has 0 spiro atoms. The predicted molar refractivity (Wildman–Crippen MR) is 142 cm³/mol. The highest BCUT2D eigenvalue weighted by Crippen LogP contribution is 2.33. The summed E-state index contributed by atoms with van der Waals surface area (Å²) in [6, 6.07) is 4.50. The number of benzene rings is 1. The van der Waals surface area contributed by atoms with Crippen LogP contribution in [0.1, 0.15) is 65.5 Å². The van der Waals surface area contributed by atoms with E-state index in [2.05, 4.69) is 5.32 Å². The van der Waals surface area contributed by atoms with Gasteiger partial charge in [0.15, 0.2) is 0 Å². The molecule has 0 unspecified atom stereocenters. The zero-order valence-electron chi connectivity index (χ0n) is 22.6. The predicted octanol–water partition coefficient (Wildman–Crippen LogP) is 4.19. The van der Waals surface area contributed by atoms with E-state index in [1.807, 2.05) is 33.8 Å². The molecule has 9 heteroatoms. The fourth-order valence-corrected chi connectivity index (χ4v) is 4.84. The largest absolute Gasteiger partial charge is 0.508 e. The molecule has 0 fully saturated rings. The minimum atomic E-state index is -0.979. The summed E-state index contributed by atoms with van der Waals surface area (Å²) in [5.74, 6) is -1.22. The minimum absolute atomic E-state index is 0.0848. The Morgan fingerprint density at radius 3 is 2.41 bits per heavy atom. The second-order valence-electron chi connectivity index (χ2n) is 10.3. The lowest BCUT2D eigenvalue weighted by Gasteiger charge is -2.30. The van der Waals surface area contributed by atoms with E-state index in [0.29, 0.717) is 36.1 Å². The molecule has 9 nitrogen and oxygen atoms in total. The van der Waals surface area contributed by atoms with Gasteiger partial charge in [0.1, 0.15) is 11.9 Å². The number of aliphatic hydroxyl groups excluding tert-OH is 2. The summed E-state index contributed by atoms with van der Waals surface area (Å²) in [6.07, 6.45) is 1.20. The molecule has 7 atom stereocenters. The van der Waals surface area contributed by atoms with E-state index in [4.69, 9.17) is 15.2 Å².